The van der Waals surface area contributed by atoms with E-state index in [1.165, 1.54) is 11.3 Å². The van der Waals surface area contributed by atoms with Gasteiger partial charge in [-0.1, -0.05) is 41.6 Å². The lowest BCUT2D eigenvalue weighted by atomic mass is 10.1. The monoisotopic (exact) mass is 409 g/mol. The molecule has 0 bridgehead atoms. The van der Waals surface area contributed by atoms with Gasteiger partial charge >= 0.3 is 6.01 Å². The van der Waals surface area contributed by atoms with Gasteiger partial charge in [0.2, 0.25) is 5.91 Å². The fourth-order valence-electron chi connectivity index (χ4n) is 2.81. The Morgan fingerprint density at radius 2 is 2.10 bits per heavy atom. The summed E-state index contributed by atoms with van der Waals surface area (Å²) >= 11 is 1.39. The number of ether oxygens (including phenoxy) is 1. The van der Waals surface area contributed by atoms with Gasteiger partial charge in [-0.15, -0.1) is 5.10 Å². The van der Waals surface area contributed by atoms with Crippen LogP contribution in [0.15, 0.2) is 46.9 Å². The van der Waals surface area contributed by atoms with Crippen LogP contribution in [0.3, 0.4) is 0 Å². The maximum Gasteiger partial charge on any atom is 0.322 e. The van der Waals surface area contributed by atoms with Gasteiger partial charge in [0.15, 0.2) is 5.13 Å². The molecule has 0 saturated carbocycles. The van der Waals surface area contributed by atoms with E-state index in [1.807, 2.05) is 49.4 Å². The number of amides is 1. The van der Waals surface area contributed by atoms with Crippen LogP contribution >= 0.6 is 11.3 Å². The predicted octanol–water partition coefficient (Wildman–Crippen LogP) is 3.90. The number of thiazole rings is 1. The third-order valence-electron chi connectivity index (χ3n) is 4.08. The lowest BCUT2D eigenvalue weighted by Crippen LogP contribution is -2.14. The van der Waals surface area contributed by atoms with Gasteiger partial charge in [0.05, 0.1) is 28.8 Å². The van der Waals surface area contributed by atoms with Gasteiger partial charge in [-0.05, 0) is 36.2 Å². The maximum atomic E-state index is 12.4. The molecule has 9 heteroatoms. The van der Waals surface area contributed by atoms with Crippen molar-refractivity contribution < 1.29 is 13.9 Å². The molecular weight excluding hydrogens is 390 g/mol. The minimum absolute atomic E-state index is 0.0402. The van der Waals surface area contributed by atoms with E-state index in [2.05, 4.69) is 20.5 Å². The van der Waals surface area contributed by atoms with E-state index in [1.54, 1.807) is 0 Å². The van der Waals surface area contributed by atoms with Crippen molar-refractivity contribution in [2.45, 2.75) is 19.8 Å². The molecule has 0 aliphatic rings. The first kappa shape index (κ1) is 18.9. The number of nitrogens with zero attached hydrogens (tertiary/aromatic N) is 3. The molecule has 2 heterocycles. The first-order valence-electron chi connectivity index (χ1n) is 9.13. The van der Waals surface area contributed by atoms with E-state index in [-0.39, 0.29) is 24.2 Å². The Bertz CT molecular complexity index is 1150. The molecule has 8 nitrogen and oxygen atoms in total. The molecule has 4 rings (SSSR count). The molecule has 0 radical (unpaired) electrons. The molecule has 29 heavy (non-hydrogen) atoms. The number of fused-ring (bicyclic) bond motifs is 1. The van der Waals surface area contributed by atoms with Gasteiger partial charge in [-0.25, -0.2) is 4.98 Å². The maximum absolute atomic E-state index is 12.4. The molecule has 4 aromatic rings. The van der Waals surface area contributed by atoms with Crippen LogP contribution in [0, 0.1) is 0 Å². The van der Waals surface area contributed by atoms with Crippen LogP contribution in [0.1, 0.15) is 18.9 Å². The van der Waals surface area contributed by atoms with Crippen molar-refractivity contribution in [3.8, 4) is 17.2 Å². The van der Waals surface area contributed by atoms with Crippen molar-refractivity contribution in [3.05, 3.63) is 48.0 Å². The Kier molecular flexibility index (Phi) is 5.39. The van der Waals surface area contributed by atoms with Crippen molar-refractivity contribution in [3.63, 3.8) is 0 Å². The van der Waals surface area contributed by atoms with Crippen molar-refractivity contribution in [2.24, 2.45) is 0 Å². The van der Waals surface area contributed by atoms with Gasteiger partial charge in [0, 0.05) is 0 Å². The van der Waals surface area contributed by atoms with E-state index >= 15 is 0 Å². The zero-order valence-electron chi connectivity index (χ0n) is 15.7. The number of hydrogen-bond donors (Lipinski definition) is 2. The Hall–Kier alpha value is -3.46. The second kappa shape index (κ2) is 8.27. The molecule has 2 aromatic heterocycles. The molecule has 0 saturated heterocycles. The van der Waals surface area contributed by atoms with Crippen LogP contribution in [0.5, 0.6) is 5.75 Å². The topological polar surface area (TPSA) is 116 Å². The van der Waals surface area contributed by atoms with Gasteiger partial charge in [0.1, 0.15) is 5.75 Å². The van der Waals surface area contributed by atoms with E-state index < -0.39 is 0 Å². The van der Waals surface area contributed by atoms with Crippen LogP contribution in [0.25, 0.3) is 21.7 Å². The summed E-state index contributed by atoms with van der Waals surface area (Å²) in [5.74, 6) is 0.689. The Labute approximate surface area is 170 Å². The number of aromatic nitrogens is 3. The Balaban J connectivity index is 1.45. The summed E-state index contributed by atoms with van der Waals surface area (Å²) in [5, 5.41) is 11.1. The Morgan fingerprint density at radius 1 is 1.24 bits per heavy atom. The number of nitrogens with two attached hydrogens (primary N) is 1. The minimum Gasteiger partial charge on any atom is -0.493 e. The van der Waals surface area contributed by atoms with Crippen molar-refractivity contribution in [1.82, 2.24) is 15.2 Å². The molecule has 148 valence electrons. The highest BCUT2D eigenvalue weighted by Gasteiger charge is 2.15. The average Bonchev–Trinajstić information content (AvgIpc) is 3.31. The summed E-state index contributed by atoms with van der Waals surface area (Å²) in [6, 6.07) is 13.1. The quantitative estimate of drug-likeness (QED) is 0.475. The lowest BCUT2D eigenvalue weighted by Gasteiger charge is -2.07. The van der Waals surface area contributed by atoms with Gasteiger partial charge in [0.25, 0.3) is 5.89 Å². The highest BCUT2D eigenvalue weighted by atomic mass is 32.1. The normalized spacial score (nSPS) is 10.9. The highest BCUT2D eigenvalue weighted by Crippen LogP contribution is 2.30. The van der Waals surface area contributed by atoms with Gasteiger partial charge in [-0.3, -0.25) is 10.1 Å². The van der Waals surface area contributed by atoms with E-state index in [0.29, 0.717) is 23.1 Å². The van der Waals surface area contributed by atoms with Crippen LogP contribution in [0.4, 0.5) is 11.1 Å². The van der Waals surface area contributed by atoms with E-state index in [4.69, 9.17) is 14.9 Å². The molecule has 1 amide bonds. The highest BCUT2D eigenvalue weighted by molar-refractivity contribution is 7.22. The fraction of sp³-hybridized carbons (Fsp3) is 0.200. The van der Waals surface area contributed by atoms with Crippen LogP contribution < -0.4 is 15.8 Å². The lowest BCUT2D eigenvalue weighted by molar-refractivity contribution is -0.115. The van der Waals surface area contributed by atoms with Crippen LogP contribution in [-0.4, -0.2) is 27.7 Å². The number of para-hydroxylation sites is 1. The van der Waals surface area contributed by atoms with E-state index in [0.717, 1.165) is 22.2 Å². The van der Waals surface area contributed by atoms with Crippen LogP contribution in [0.2, 0.25) is 0 Å². The number of hydrogen-bond acceptors (Lipinski definition) is 8. The number of anilines is 2. The fourth-order valence-corrected chi connectivity index (χ4v) is 3.61. The summed E-state index contributed by atoms with van der Waals surface area (Å²) in [6.07, 6.45) is 1.06. The number of benzene rings is 2. The van der Waals surface area contributed by atoms with Crippen molar-refractivity contribution in [1.29, 1.82) is 0 Å². The molecule has 0 atom stereocenters. The molecule has 0 aliphatic carbocycles. The number of rotatable bonds is 7. The third kappa shape index (κ3) is 4.35. The summed E-state index contributed by atoms with van der Waals surface area (Å²) in [4.78, 5) is 16.6. The van der Waals surface area contributed by atoms with Crippen molar-refractivity contribution in [2.75, 3.05) is 17.7 Å². The zero-order valence-corrected chi connectivity index (χ0v) is 16.5. The zero-order chi connectivity index (χ0) is 20.2. The summed E-state index contributed by atoms with van der Waals surface area (Å²) in [7, 11) is 0. The average molecular weight is 409 g/mol. The standard InChI is InChI=1S/C20H19N5O3S/c1-2-9-27-15-6-4-3-5-13(15)18-24-25-20(28-18)23-17(26)11-12-7-8-14-16(10-12)29-19(21)22-14/h3-8,10H,2,9,11H2,1H3,(H2,21,22)(H,23,25,26). The number of carbonyl (C=O) groups is 1. The molecule has 0 fully saturated rings. The number of nitrogens with one attached hydrogen (secondary N) is 1. The van der Waals surface area contributed by atoms with Crippen molar-refractivity contribution >= 4 is 38.6 Å². The second-order valence-electron chi connectivity index (χ2n) is 6.34. The van der Waals surface area contributed by atoms with E-state index in [9.17, 15) is 4.79 Å². The largest absolute Gasteiger partial charge is 0.493 e. The summed E-state index contributed by atoms with van der Waals surface area (Å²) < 4.78 is 12.3. The first-order valence-corrected chi connectivity index (χ1v) is 9.94. The molecular formula is C20H19N5O3S. The molecule has 0 spiro atoms. The molecule has 2 aromatic carbocycles. The molecule has 3 N–H and O–H groups in total. The van der Waals surface area contributed by atoms with Gasteiger partial charge in [-0.2, -0.15) is 0 Å². The Morgan fingerprint density at radius 3 is 2.97 bits per heavy atom. The van der Waals surface area contributed by atoms with Crippen LogP contribution in [-0.2, 0) is 11.2 Å². The second-order valence-corrected chi connectivity index (χ2v) is 7.40. The number of carbonyl (C=O) groups excluding carboxylic acids is 1. The number of nitrogen functional groups attached to an aromatic ring is 1. The smallest absolute Gasteiger partial charge is 0.322 e. The SMILES string of the molecule is CCCOc1ccccc1-c1nnc(NC(=O)Cc2ccc3nc(N)sc3c2)o1. The summed E-state index contributed by atoms with van der Waals surface area (Å²) in [6.45, 7) is 2.62. The molecule has 0 unspecified atom stereocenters. The third-order valence-corrected chi connectivity index (χ3v) is 4.93. The minimum atomic E-state index is -0.257. The van der Waals surface area contributed by atoms with Gasteiger partial charge < -0.3 is 14.9 Å². The first-order chi connectivity index (χ1) is 14.1. The predicted molar refractivity (Wildman–Crippen MR) is 112 cm³/mol. The molecule has 0 aliphatic heterocycles. The summed E-state index contributed by atoms with van der Waals surface area (Å²) in [5.41, 5.74) is 8.07.